The molecule has 0 spiro atoms. The highest BCUT2D eigenvalue weighted by Gasteiger charge is 2.45. The minimum Gasteiger partial charge on any atom is -0.393 e. The van der Waals surface area contributed by atoms with Gasteiger partial charge >= 0.3 is 0 Å². The van der Waals surface area contributed by atoms with E-state index in [9.17, 15) is 34.5 Å². The average Bonchev–Trinajstić information content (AvgIpc) is 3.83. The molecule has 6 aromatic rings. The van der Waals surface area contributed by atoms with E-state index in [2.05, 4.69) is 68.8 Å². The first-order valence-electron chi connectivity index (χ1n) is 24.6. The molecule has 4 heterocycles. The summed E-state index contributed by atoms with van der Waals surface area (Å²) in [5.41, 5.74) is 8.21. The summed E-state index contributed by atoms with van der Waals surface area (Å²) in [5, 5.41) is 29.2. The third kappa shape index (κ3) is 10.4. The number of aromatic nitrogens is 3. The number of hydrogen-bond acceptors (Lipinski definition) is 9. The minimum absolute atomic E-state index is 0.0147. The van der Waals surface area contributed by atoms with E-state index in [0.717, 1.165) is 94.4 Å². The SMILES string of the molecule is N=c1c2c(-c3ccccc3)c(-c3ccccc3)n(Cc3cccc(C#CCCCCC(=O)NCCCCCNc4cccc5c4C(=O)N(C4CCC(=O)NC4=O)C5=O)c3)c2ncn1C1CCC(O)CC1. The molecule has 1 atom stereocenters. The van der Waals surface area contributed by atoms with E-state index in [1.54, 1.807) is 18.2 Å². The molecule has 1 aliphatic carbocycles. The molecule has 2 aromatic heterocycles. The summed E-state index contributed by atoms with van der Waals surface area (Å²) in [6.07, 6.45) is 9.79. The molecule has 0 radical (unpaired) electrons. The highest BCUT2D eigenvalue weighted by Crippen LogP contribution is 2.40. The van der Waals surface area contributed by atoms with Crippen LogP contribution in [0.2, 0.25) is 0 Å². The van der Waals surface area contributed by atoms with Crippen LogP contribution in [0, 0.1) is 17.3 Å². The second kappa shape index (κ2) is 21.8. The van der Waals surface area contributed by atoms with Gasteiger partial charge in [0.2, 0.25) is 17.7 Å². The largest absolute Gasteiger partial charge is 0.393 e. The molecule has 14 heteroatoms. The Labute approximate surface area is 407 Å². The molecule has 14 nitrogen and oxygen atoms in total. The fourth-order valence-corrected chi connectivity index (χ4v) is 10.0. The molecule has 5 amide bonds. The fourth-order valence-electron chi connectivity index (χ4n) is 10.0. The number of carbonyl (C=O) groups is 5. The molecule has 1 unspecified atom stereocenters. The summed E-state index contributed by atoms with van der Waals surface area (Å²) < 4.78 is 4.24. The Morgan fingerprint density at radius 3 is 2.30 bits per heavy atom. The van der Waals surface area contributed by atoms with Gasteiger partial charge in [0.15, 0.2) is 0 Å². The maximum atomic E-state index is 13.3. The first-order valence-corrected chi connectivity index (χ1v) is 24.6. The normalized spacial score (nSPS) is 17.8. The van der Waals surface area contributed by atoms with E-state index in [-0.39, 0.29) is 42.0 Å². The summed E-state index contributed by atoms with van der Waals surface area (Å²) in [6, 6.07) is 33.0. The Hall–Kier alpha value is -7.63. The fraction of sp³-hybridized carbons (Fsp3) is 0.339. The number of unbranched alkanes of at least 4 members (excludes halogenated alkanes) is 4. The Morgan fingerprint density at radius 2 is 1.53 bits per heavy atom. The number of fused-ring (bicyclic) bond motifs is 2. The molecular weight excluding hydrogens is 881 g/mol. The van der Waals surface area contributed by atoms with E-state index in [1.807, 2.05) is 59.4 Å². The van der Waals surface area contributed by atoms with Gasteiger partial charge in [0.05, 0.1) is 34.6 Å². The number of imide groups is 2. The van der Waals surface area contributed by atoms with Gasteiger partial charge in [0.25, 0.3) is 11.8 Å². The van der Waals surface area contributed by atoms with Gasteiger partial charge in [-0.25, -0.2) is 4.98 Å². The predicted molar refractivity (Wildman–Crippen MR) is 267 cm³/mol. The van der Waals surface area contributed by atoms with Crippen LogP contribution in [0.25, 0.3) is 33.4 Å². The van der Waals surface area contributed by atoms with Gasteiger partial charge in [-0.1, -0.05) is 90.7 Å². The van der Waals surface area contributed by atoms with Crippen molar-refractivity contribution >= 4 is 46.3 Å². The molecule has 70 heavy (non-hydrogen) atoms. The lowest BCUT2D eigenvalue weighted by Gasteiger charge is -2.27. The van der Waals surface area contributed by atoms with Crippen LogP contribution in [0.15, 0.2) is 109 Å². The number of nitrogens with one attached hydrogen (secondary N) is 4. The molecule has 4 aromatic carbocycles. The third-order valence-corrected chi connectivity index (χ3v) is 13.6. The van der Waals surface area contributed by atoms with Gasteiger partial charge in [-0.05, 0) is 105 Å². The average molecular weight is 939 g/mol. The Morgan fingerprint density at radius 1 is 0.786 bits per heavy atom. The monoisotopic (exact) mass is 938 g/mol. The van der Waals surface area contributed by atoms with Crippen LogP contribution in [0.3, 0.4) is 0 Å². The van der Waals surface area contributed by atoms with Crippen molar-refractivity contribution in [3.05, 3.63) is 137 Å². The molecule has 358 valence electrons. The molecule has 2 aliphatic heterocycles. The third-order valence-electron chi connectivity index (χ3n) is 13.6. The summed E-state index contributed by atoms with van der Waals surface area (Å²) in [7, 11) is 0. The van der Waals surface area contributed by atoms with Crippen LogP contribution in [-0.2, 0) is 20.9 Å². The molecule has 5 N–H and O–H groups in total. The Kier molecular flexibility index (Phi) is 14.8. The van der Waals surface area contributed by atoms with E-state index in [1.165, 1.54) is 0 Å². The zero-order valence-corrected chi connectivity index (χ0v) is 39.2. The molecule has 0 bridgehead atoms. The lowest BCUT2D eigenvalue weighted by Crippen LogP contribution is -2.54. The lowest BCUT2D eigenvalue weighted by molar-refractivity contribution is -0.136. The number of aliphatic hydroxyl groups is 1. The molecule has 1 saturated carbocycles. The van der Waals surface area contributed by atoms with Gasteiger partial charge in [-0.15, -0.1) is 0 Å². The Balaban J connectivity index is 0.759. The summed E-state index contributed by atoms with van der Waals surface area (Å²) in [6.45, 7) is 1.65. The summed E-state index contributed by atoms with van der Waals surface area (Å²) >= 11 is 0. The van der Waals surface area contributed by atoms with Crippen molar-refractivity contribution < 1.29 is 29.1 Å². The maximum Gasteiger partial charge on any atom is 0.264 e. The number of amides is 5. The number of piperidine rings is 1. The standard InChI is InChI=1S/C56H58N8O6/c57-52-50-48(39-19-7-3-8-20-39)51(40-21-9-4-10-22-40)62(53(50)60-36-63(52)41-26-28-42(65)29-27-41)35-38-18-14-17-37(34-38)16-6-1-2-11-25-46(66)59-33-13-5-12-32-58-44-24-15-23-43-49(44)56(70)64(55(43)69)45-30-31-47(67)61-54(45)68/h3-4,7-10,14-15,17-24,34,36,41-42,45,57-58,65H,1-2,5,11-13,25-33,35H2,(H,59,66)(H,61,67,68). The first kappa shape index (κ1) is 47.4. The molecule has 1 saturated heterocycles. The van der Waals surface area contributed by atoms with Gasteiger partial charge in [-0.3, -0.25) is 39.6 Å². The van der Waals surface area contributed by atoms with Crippen LogP contribution < -0.4 is 21.4 Å². The van der Waals surface area contributed by atoms with Crippen LogP contribution >= 0.6 is 0 Å². The van der Waals surface area contributed by atoms with Crippen molar-refractivity contribution in [2.45, 2.75) is 108 Å². The smallest absolute Gasteiger partial charge is 0.264 e. The highest BCUT2D eigenvalue weighted by molar-refractivity contribution is 6.25. The van der Waals surface area contributed by atoms with Crippen molar-refractivity contribution in [2.75, 3.05) is 18.4 Å². The summed E-state index contributed by atoms with van der Waals surface area (Å²) in [5.74, 6) is 4.55. The van der Waals surface area contributed by atoms with Crippen LogP contribution in [-0.4, -0.2) is 78.9 Å². The molecule has 9 rings (SSSR count). The van der Waals surface area contributed by atoms with E-state index in [4.69, 9.17) is 4.98 Å². The van der Waals surface area contributed by atoms with Crippen LogP contribution in [0.5, 0.6) is 0 Å². The van der Waals surface area contributed by atoms with Crippen molar-refractivity contribution in [3.8, 4) is 34.2 Å². The first-order chi connectivity index (χ1) is 34.2. The van der Waals surface area contributed by atoms with Gasteiger partial charge in [0.1, 0.15) is 17.2 Å². The number of nitrogens with zero attached hydrogens (tertiary/aromatic N) is 4. The highest BCUT2D eigenvalue weighted by atomic mass is 16.3. The van der Waals surface area contributed by atoms with Crippen LogP contribution in [0.1, 0.15) is 121 Å². The van der Waals surface area contributed by atoms with Crippen molar-refractivity contribution in [1.82, 2.24) is 29.7 Å². The minimum atomic E-state index is -1.01. The zero-order valence-electron chi connectivity index (χ0n) is 39.2. The summed E-state index contributed by atoms with van der Waals surface area (Å²) in [4.78, 5) is 69.2. The number of rotatable bonds is 17. The van der Waals surface area contributed by atoms with Crippen molar-refractivity contribution in [3.63, 3.8) is 0 Å². The van der Waals surface area contributed by atoms with Gasteiger partial charge in [-0.2, -0.15) is 0 Å². The number of aliphatic hydroxyl groups excluding tert-OH is 1. The maximum absolute atomic E-state index is 13.3. The zero-order chi connectivity index (χ0) is 48.6. The van der Waals surface area contributed by atoms with Gasteiger partial charge < -0.3 is 24.9 Å². The van der Waals surface area contributed by atoms with Crippen molar-refractivity contribution in [1.29, 1.82) is 5.41 Å². The number of hydrogen-bond donors (Lipinski definition) is 5. The van der Waals surface area contributed by atoms with E-state index in [0.29, 0.717) is 56.5 Å². The molecule has 3 aliphatic rings. The topological polar surface area (TPSA) is 192 Å². The quantitative estimate of drug-likeness (QED) is 0.0347. The second-order valence-electron chi connectivity index (χ2n) is 18.4. The predicted octanol–water partition coefficient (Wildman–Crippen LogP) is 7.89. The second-order valence-corrected chi connectivity index (χ2v) is 18.4. The van der Waals surface area contributed by atoms with E-state index >= 15 is 0 Å². The lowest BCUT2D eigenvalue weighted by atomic mass is 9.93. The number of anilines is 1. The van der Waals surface area contributed by atoms with Gasteiger partial charge in [0, 0.05) is 61.8 Å². The van der Waals surface area contributed by atoms with Crippen molar-refractivity contribution in [2.24, 2.45) is 0 Å². The van der Waals surface area contributed by atoms with E-state index < -0.39 is 29.7 Å². The number of carbonyl (C=O) groups excluding carboxylic acids is 5. The molecule has 2 fully saturated rings. The molecular formula is C56H58N8O6. The number of benzene rings is 4. The van der Waals surface area contributed by atoms with Crippen LogP contribution in [0.4, 0.5) is 5.69 Å². The Bertz CT molecular complexity index is 3050.